The van der Waals surface area contributed by atoms with Crippen LogP contribution in [0.15, 0.2) is 18.2 Å². The van der Waals surface area contributed by atoms with E-state index in [1.807, 2.05) is 0 Å². The molecule has 230 valence electrons. The van der Waals surface area contributed by atoms with E-state index in [1.165, 1.54) is 4.74 Å². The van der Waals surface area contributed by atoms with Gasteiger partial charge in [-0.3, -0.25) is 9.29 Å². The zero-order chi connectivity index (χ0) is 32.1. The maximum atomic E-state index is 14.1. The molecule has 25 heteroatoms. The number of alkyl halides is 14. The molecule has 0 aliphatic carbocycles. The Hall–Kier alpha value is -3.19. The van der Waals surface area contributed by atoms with Crippen molar-refractivity contribution in [1.82, 2.24) is 0 Å². The van der Waals surface area contributed by atoms with Crippen molar-refractivity contribution in [2.45, 2.75) is 41.7 Å². The molecule has 40 heavy (non-hydrogen) atoms. The van der Waals surface area contributed by atoms with Crippen LogP contribution in [-0.2, 0) is 19.6 Å². The SMILES string of the molecule is O=C(O)c1cc(OC(F)(F)C(F)(F)OC(F)(F)C(F)(OC(F)(F)C(F)(F)S(=O)(=O)O)C(F)(F)F)cc(C(=O)O)c1. The first-order valence-corrected chi connectivity index (χ1v) is 10.1. The predicted octanol–water partition coefficient (Wildman–Crippen LogP) is 4.57. The fourth-order valence-corrected chi connectivity index (χ4v) is 2.41. The number of hydrogen-bond acceptors (Lipinski definition) is 7. The van der Waals surface area contributed by atoms with Gasteiger partial charge in [-0.25, -0.2) is 14.3 Å². The molecule has 1 rings (SSSR count). The summed E-state index contributed by atoms with van der Waals surface area (Å²) in [5.41, 5.74) is -2.65. The van der Waals surface area contributed by atoms with Crippen molar-refractivity contribution in [3.63, 3.8) is 0 Å². The third kappa shape index (κ3) is 6.41. The van der Waals surface area contributed by atoms with E-state index in [0.717, 1.165) is 0 Å². The van der Waals surface area contributed by atoms with Crippen molar-refractivity contribution in [2.24, 2.45) is 0 Å². The molecule has 10 nitrogen and oxygen atoms in total. The van der Waals surface area contributed by atoms with Crippen LogP contribution in [0.1, 0.15) is 20.7 Å². The molecule has 0 aliphatic rings. The average molecular weight is 644 g/mol. The van der Waals surface area contributed by atoms with Crippen LogP contribution in [-0.4, -0.2) is 76.8 Å². The smallest absolute Gasteiger partial charge is 0.478 e. The second-order valence-corrected chi connectivity index (χ2v) is 8.28. The first-order chi connectivity index (χ1) is 17.4. The first kappa shape index (κ1) is 34.8. The highest BCUT2D eigenvalue weighted by Gasteiger charge is 2.84. The van der Waals surface area contributed by atoms with E-state index in [9.17, 15) is 79.5 Å². The van der Waals surface area contributed by atoms with Crippen LogP contribution in [0.3, 0.4) is 0 Å². The molecule has 0 aliphatic heterocycles. The number of carboxylic acids is 2. The average Bonchev–Trinajstić information content (AvgIpc) is 2.69. The lowest BCUT2D eigenvalue weighted by atomic mass is 10.1. The van der Waals surface area contributed by atoms with E-state index in [4.69, 9.17) is 14.8 Å². The quantitative estimate of drug-likeness (QED) is 0.218. The number of carboxylic acid groups (broad SMARTS) is 2. The fourth-order valence-electron chi connectivity index (χ4n) is 2.07. The molecule has 0 saturated heterocycles. The van der Waals surface area contributed by atoms with Gasteiger partial charge in [0.25, 0.3) is 0 Å². The molecule has 0 bridgehead atoms. The van der Waals surface area contributed by atoms with Crippen molar-refractivity contribution < 1.29 is 108 Å². The maximum absolute atomic E-state index is 14.1. The van der Waals surface area contributed by atoms with Crippen LogP contribution < -0.4 is 4.74 Å². The summed E-state index contributed by atoms with van der Waals surface area (Å²) in [6.45, 7) is 0. The molecule has 0 fully saturated rings. The molecule has 3 N–H and O–H groups in total. The molecule has 0 spiro atoms. The van der Waals surface area contributed by atoms with Gasteiger partial charge >= 0.3 is 63.8 Å². The Morgan fingerprint density at radius 3 is 1.35 bits per heavy atom. The molecule has 0 heterocycles. The Labute approximate surface area is 208 Å². The molecule has 1 aromatic rings. The lowest BCUT2D eigenvalue weighted by Crippen LogP contribution is -2.66. The third-order valence-corrected chi connectivity index (χ3v) is 4.80. The van der Waals surface area contributed by atoms with Gasteiger partial charge in [-0.05, 0) is 18.2 Å². The van der Waals surface area contributed by atoms with Gasteiger partial charge in [-0.15, -0.1) is 0 Å². The lowest BCUT2D eigenvalue weighted by Gasteiger charge is -2.38. The topological polar surface area (TPSA) is 157 Å². The predicted molar refractivity (Wildman–Crippen MR) is 89.3 cm³/mol. The zero-order valence-corrected chi connectivity index (χ0v) is 18.4. The van der Waals surface area contributed by atoms with Crippen LogP contribution in [0, 0.1) is 0 Å². The minimum absolute atomic E-state index is 0.187. The Bertz CT molecular complexity index is 1230. The van der Waals surface area contributed by atoms with Crippen molar-refractivity contribution in [3.8, 4) is 5.75 Å². The van der Waals surface area contributed by atoms with E-state index < -0.39 is 80.7 Å². The Balaban J connectivity index is 3.58. The largest absolute Gasteiger partial charge is 0.494 e. The Kier molecular flexibility index (Phi) is 8.73. The number of halogens is 14. The first-order valence-electron chi connectivity index (χ1n) is 8.68. The summed E-state index contributed by atoms with van der Waals surface area (Å²) in [6.07, 6.45) is -37.8. The number of ether oxygens (including phenoxy) is 3. The third-order valence-electron chi connectivity index (χ3n) is 3.91. The van der Waals surface area contributed by atoms with Gasteiger partial charge in [-0.1, -0.05) is 0 Å². The monoisotopic (exact) mass is 644 g/mol. The van der Waals surface area contributed by atoms with E-state index >= 15 is 0 Å². The minimum atomic E-state index is -8.03. The summed E-state index contributed by atoms with van der Waals surface area (Å²) in [5, 5.41) is 10.1. The van der Waals surface area contributed by atoms with Gasteiger partial charge in [0.2, 0.25) is 0 Å². The number of aromatic carboxylic acids is 2. The van der Waals surface area contributed by atoms with Gasteiger partial charge in [0.15, 0.2) is 0 Å². The summed E-state index contributed by atoms with van der Waals surface area (Å²) < 4.78 is 223. The number of hydrogen-bond donors (Lipinski definition) is 3. The Morgan fingerprint density at radius 1 is 0.625 bits per heavy atom. The highest BCUT2D eigenvalue weighted by molar-refractivity contribution is 7.86. The van der Waals surface area contributed by atoms with Crippen LogP contribution in [0.2, 0.25) is 0 Å². The summed E-state index contributed by atoms with van der Waals surface area (Å²) in [5.74, 6) is -14.3. The molecular formula is C15H6F14O10S. The highest BCUT2D eigenvalue weighted by Crippen LogP contribution is 2.55. The van der Waals surface area contributed by atoms with Gasteiger partial charge in [0.1, 0.15) is 5.75 Å². The van der Waals surface area contributed by atoms with Gasteiger partial charge in [-0.2, -0.15) is 69.9 Å². The number of rotatable bonds is 12. The number of carbonyl (C=O) groups is 2. The van der Waals surface area contributed by atoms with E-state index in [-0.39, 0.29) is 18.2 Å². The second kappa shape index (κ2) is 10.0. The molecule has 0 aromatic heterocycles. The van der Waals surface area contributed by atoms with E-state index in [1.54, 1.807) is 4.74 Å². The van der Waals surface area contributed by atoms with Crippen molar-refractivity contribution >= 4 is 22.1 Å². The van der Waals surface area contributed by atoms with Crippen molar-refractivity contribution in [1.29, 1.82) is 0 Å². The van der Waals surface area contributed by atoms with Gasteiger partial charge < -0.3 is 14.9 Å². The molecule has 1 aromatic carbocycles. The summed E-state index contributed by atoms with van der Waals surface area (Å²) >= 11 is 0. The van der Waals surface area contributed by atoms with Crippen molar-refractivity contribution in [3.05, 3.63) is 29.3 Å². The Morgan fingerprint density at radius 2 is 1.02 bits per heavy atom. The fraction of sp³-hybridized carbons (Fsp3) is 0.467. The van der Waals surface area contributed by atoms with E-state index in [2.05, 4.69) is 4.74 Å². The summed E-state index contributed by atoms with van der Waals surface area (Å²) in [6, 6.07) is -0.181. The van der Waals surface area contributed by atoms with Crippen LogP contribution >= 0.6 is 0 Å². The minimum Gasteiger partial charge on any atom is -0.478 e. The summed E-state index contributed by atoms with van der Waals surface area (Å²) in [4.78, 5) is 21.8. The lowest BCUT2D eigenvalue weighted by molar-refractivity contribution is -0.554. The van der Waals surface area contributed by atoms with Crippen molar-refractivity contribution in [2.75, 3.05) is 0 Å². The molecule has 0 saturated carbocycles. The maximum Gasteiger partial charge on any atom is 0.494 e. The van der Waals surface area contributed by atoms with Gasteiger partial charge in [0, 0.05) is 0 Å². The standard InChI is InChI=1S/C15H6F14O10S/c16-9(10(17,18)19,38-14(26,27)15(28,29)40(34,35)36)11(20,21)39-13(24,25)12(22,23)37-6-2-4(7(30)31)1-5(3-6)8(32)33/h1-3H,(H,30,31)(H,32,33)(H,34,35,36). The second-order valence-electron chi connectivity index (χ2n) is 6.81. The molecule has 1 unspecified atom stereocenters. The van der Waals surface area contributed by atoms with Crippen LogP contribution in [0.5, 0.6) is 5.75 Å². The highest BCUT2D eigenvalue weighted by atomic mass is 32.2. The number of benzene rings is 1. The molecule has 0 amide bonds. The van der Waals surface area contributed by atoms with Gasteiger partial charge in [0.05, 0.1) is 11.1 Å². The normalized spacial score (nSPS) is 15.9. The van der Waals surface area contributed by atoms with Crippen LogP contribution in [0.25, 0.3) is 0 Å². The molecule has 0 radical (unpaired) electrons. The molecule has 1 atom stereocenters. The molecular weight excluding hydrogens is 638 g/mol. The summed E-state index contributed by atoms with van der Waals surface area (Å²) in [7, 11) is -7.64. The van der Waals surface area contributed by atoms with E-state index in [0.29, 0.717) is 0 Å². The van der Waals surface area contributed by atoms with Crippen LogP contribution in [0.4, 0.5) is 61.5 Å². The zero-order valence-electron chi connectivity index (χ0n) is 17.6.